The minimum absolute atomic E-state index is 0.629. The molecule has 1 aromatic carbocycles. The molecule has 20 heavy (non-hydrogen) atoms. The van der Waals surface area contributed by atoms with E-state index in [4.69, 9.17) is 23.2 Å². The summed E-state index contributed by atoms with van der Waals surface area (Å²) < 4.78 is 0. The molecular formula is C16H22Cl2N2. The second kappa shape index (κ2) is 6.23. The fourth-order valence-corrected chi connectivity index (χ4v) is 4.01. The van der Waals surface area contributed by atoms with Crippen LogP contribution in [0.1, 0.15) is 37.7 Å². The van der Waals surface area contributed by atoms with Crippen LogP contribution in [-0.2, 0) is 6.54 Å². The Morgan fingerprint density at radius 1 is 1.15 bits per heavy atom. The molecule has 2 fully saturated rings. The van der Waals surface area contributed by atoms with Gasteiger partial charge in [-0.05, 0) is 50.4 Å². The summed E-state index contributed by atoms with van der Waals surface area (Å²) in [4.78, 5) is 2.60. The molecule has 0 aliphatic carbocycles. The van der Waals surface area contributed by atoms with Crippen molar-refractivity contribution in [3.63, 3.8) is 0 Å². The van der Waals surface area contributed by atoms with Crippen molar-refractivity contribution >= 4 is 23.2 Å². The fourth-order valence-electron chi connectivity index (χ4n) is 3.69. The minimum Gasteiger partial charge on any atom is -0.310 e. The van der Waals surface area contributed by atoms with Crippen LogP contribution in [-0.4, -0.2) is 30.1 Å². The van der Waals surface area contributed by atoms with Gasteiger partial charge >= 0.3 is 0 Å². The molecule has 110 valence electrons. The molecule has 0 amide bonds. The van der Waals surface area contributed by atoms with Crippen LogP contribution >= 0.6 is 23.2 Å². The molecule has 0 saturated carbocycles. The highest BCUT2D eigenvalue weighted by Crippen LogP contribution is 2.32. The predicted octanol–water partition coefficient (Wildman–Crippen LogP) is 4.10. The number of hydrogen-bond acceptors (Lipinski definition) is 2. The molecular weight excluding hydrogens is 291 g/mol. The smallest absolute Gasteiger partial charge is 0.0595 e. The van der Waals surface area contributed by atoms with Gasteiger partial charge in [0.25, 0.3) is 0 Å². The molecule has 2 bridgehead atoms. The van der Waals surface area contributed by atoms with Crippen molar-refractivity contribution in [3.05, 3.63) is 33.8 Å². The number of benzene rings is 1. The van der Waals surface area contributed by atoms with Crippen molar-refractivity contribution in [2.24, 2.45) is 0 Å². The molecule has 2 atom stereocenters. The Morgan fingerprint density at radius 2 is 1.85 bits per heavy atom. The van der Waals surface area contributed by atoms with Crippen molar-refractivity contribution in [1.82, 2.24) is 10.2 Å². The Labute approximate surface area is 131 Å². The van der Waals surface area contributed by atoms with Gasteiger partial charge < -0.3 is 10.2 Å². The quantitative estimate of drug-likeness (QED) is 0.904. The predicted molar refractivity (Wildman–Crippen MR) is 85.5 cm³/mol. The maximum atomic E-state index is 6.07. The van der Waals surface area contributed by atoms with Crippen LogP contribution in [0.3, 0.4) is 0 Å². The lowest BCUT2D eigenvalue weighted by Crippen LogP contribution is -2.54. The second-order valence-electron chi connectivity index (χ2n) is 6.20. The normalized spacial score (nSPS) is 30.4. The molecule has 1 N–H and O–H groups in total. The largest absolute Gasteiger partial charge is 0.310 e. The summed E-state index contributed by atoms with van der Waals surface area (Å²) in [6.45, 7) is 0.880. The van der Waals surface area contributed by atoms with Gasteiger partial charge in [-0.25, -0.2) is 0 Å². The van der Waals surface area contributed by atoms with E-state index in [0.717, 1.165) is 18.6 Å². The molecule has 2 aliphatic heterocycles. The van der Waals surface area contributed by atoms with Crippen molar-refractivity contribution in [3.8, 4) is 0 Å². The van der Waals surface area contributed by atoms with Crippen molar-refractivity contribution in [1.29, 1.82) is 0 Å². The van der Waals surface area contributed by atoms with Crippen LogP contribution in [0.4, 0.5) is 0 Å². The van der Waals surface area contributed by atoms with E-state index in [-0.39, 0.29) is 0 Å². The number of fused-ring (bicyclic) bond motifs is 2. The van der Waals surface area contributed by atoms with Gasteiger partial charge in [0, 0.05) is 24.7 Å². The summed E-state index contributed by atoms with van der Waals surface area (Å²) in [6, 6.07) is 8.08. The van der Waals surface area contributed by atoms with Crippen LogP contribution in [0.5, 0.6) is 0 Å². The highest BCUT2D eigenvalue weighted by atomic mass is 35.5. The Bertz CT molecular complexity index is 464. The summed E-state index contributed by atoms with van der Waals surface area (Å²) in [6.07, 6.45) is 6.66. The van der Waals surface area contributed by atoms with Gasteiger partial charge in [-0.2, -0.15) is 0 Å². The molecule has 4 heteroatoms. The summed E-state index contributed by atoms with van der Waals surface area (Å²) in [5.41, 5.74) is 1.21. The van der Waals surface area contributed by atoms with Crippen LogP contribution in [0.25, 0.3) is 0 Å². The van der Waals surface area contributed by atoms with Gasteiger partial charge in [-0.15, -0.1) is 0 Å². The molecule has 3 rings (SSSR count). The Hall–Kier alpha value is -0.280. The molecule has 1 aromatic rings. The van der Waals surface area contributed by atoms with Gasteiger partial charge in [0.05, 0.1) is 10.0 Å². The highest BCUT2D eigenvalue weighted by Gasteiger charge is 2.35. The van der Waals surface area contributed by atoms with Crippen molar-refractivity contribution < 1.29 is 0 Å². The third kappa shape index (κ3) is 3.14. The zero-order valence-electron chi connectivity index (χ0n) is 11.9. The highest BCUT2D eigenvalue weighted by molar-refractivity contribution is 6.42. The van der Waals surface area contributed by atoms with Gasteiger partial charge in [0.1, 0.15) is 0 Å². The molecule has 2 nitrogen and oxygen atoms in total. The van der Waals surface area contributed by atoms with E-state index in [0.29, 0.717) is 16.1 Å². The summed E-state index contributed by atoms with van der Waals surface area (Å²) >= 11 is 12.0. The number of hydrogen-bond donors (Lipinski definition) is 1. The summed E-state index contributed by atoms with van der Waals surface area (Å²) in [5.74, 6) is 0. The van der Waals surface area contributed by atoms with Crippen LogP contribution < -0.4 is 5.32 Å². The lowest BCUT2D eigenvalue weighted by molar-refractivity contribution is 0.0482. The third-order valence-electron chi connectivity index (χ3n) is 4.92. The van der Waals surface area contributed by atoms with E-state index >= 15 is 0 Å². The zero-order chi connectivity index (χ0) is 14.1. The fraction of sp³-hybridized carbons (Fsp3) is 0.625. The average molecular weight is 313 g/mol. The van der Waals surface area contributed by atoms with Gasteiger partial charge in [-0.1, -0.05) is 35.7 Å². The average Bonchev–Trinajstić information content (AvgIpc) is 2.41. The van der Waals surface area contributed by atoms with Crippen LogP contribution in [0.2, 0.25) is 10.0 Å². The van der Waals surface area contributed by atoms with E-state index in [2.05, 4.69) is 23.3 Å². The van der Waals surface area contributed by atoms with Gasteiger partial charge in [0.15, 0.2) is 0 Å². The van der Waals surface area contributed by atoms with Crippen LogP contribution in [0.15, 0.2) is 18.2 Å². The minimum atomic E-state index is 0.629. The topological polar surface area (TPSA) is 15.3 Å². The summed E-state index contributed by atoms with van der Waals surface area (Å²) in [7, 11) is 2.30. The molecule has 0 aromatic heterocycles. The maximum Gasteiger partial charge on any atom is 0.0595 e. The van der Waals surface area contributed by atoms with Gasteiger partial charge in [0.2, 0.25) is 0 Å². The molecule has 2 aliphatic rings. The maximum absolute atomic E-state index is 6.07. The Morgan fingerprint density at radius 3 is 2.50 bits per heavy atom. The Kier molecular flexibility index (Phi) is 4.56. The first kappa shape index (κ1) is 14.6. The molecule has 0 spiro atoms. The van der Waals surface area contributed by atoms with Gasteiger partial charge in [-0.3, -0.25) is 0 Å². The van der Waals surface area contributed by atoms with Crippen molar-refractivity contribution in [2.45, 2.75) is 56.8 Å². The monoisotopic (exact) mass is 312 g/mol. The van der Waals surface area contributed by atoms with E-state index < -0.39 is 0 Å². The third-order valence-corrected chi connectivity index (χ3v) is 5.66. The molecule has 2 heterocycles. The summed E-state index contributed by atoms with van der Waals surface area (Å²) in [5, 5.41) is 4.98. The Balaban J connectivity index is 1.57. The SMILES string of the molecule is CN1C2CCCC1CC(NCc1ccc(Cl)c(Cl)c1)C2. The first-order valence-corrected chi connectivity index (χ1v) is 8.28. The second-order valence-corrected chi connectivity index (χ2v) is 7.02. The first-order chi connectivity index (χ1) is 9.63. The van der Waals surface area contributed by atoms with Crippen molar-refractivity contribution in [2.75, 3.05) is 7.05 Å². The van der Waals surface area contributed by atoms with E-state index in [1.165, 1.54) is 37.7 Å². The zero-order valence-corrected chi connectivity index (χ0v) is 13.4. The van der Waals surface area contributed by atoms with E-state index in [9.17, 15) is 0 Å². The van der Waals surface area contributed by atoms with E-state index in [1.807, 2.05) is 12.1 Å². The number of halogens is 2. The van der Waals surface area contributed by atoms with E-state index in [1.54, 1.807) is 0 Å². The first-order valence-electron chi connectivity index (χ1n) is 7.52. The number of nitrogens with one attached hydrogen (secondary N) is 1. The lowest BCUT2D eigenvalue weighted by atomic mass is 9.82. The van der Waals surface area contributed by atoms with Crippen LogP contribution in [0, 0.1) is 0 Å². The number of piperidine rings is 2. The molecule has 2 unspecified atom stereocenters. The number of nitrogens with zero attached hydrogens (tertiary/aromatic N) is 1. The standard InChI is InChI=1S/C16H22Cl2N2/c1-20-13-3-2-4-14(20)9-12(8-13)19-10-11-5-6-15(17)16(18)7-11/h5-7,12-14,19H,2-4,8-10H2,1H3. The molecule has 2 saturated heterocycles. The lowest BCUT2D eigenvalue weighted by Gasteiger charge is -2.47. The number of rotatable bonds is 3. The molecule has 0 radical (unpaired) electrons.